The third-order valence-electron chi connectivity index (χ3n) is 6.64. The van der Waals surface area contributed by atoms with Gasteiger partial charge in [-0.15, -0.1) is 0 Å². The summed E-state index contributed by atoms with van der Waals surface area (Å²) >= 11 is 0. The monoisotopic (exact) mass is 426 g/mol. The van der Waals surface area contributed by atoms with Gasteiger partial charge in [0, 0.05) is 16.7 Å². The molecule has 1 N–H and O–H groups in total. The maximum Gasteiger partial charge on any atom is 0.180 e. The summed E-state index contributed by atoms with van der Waals surface area (Å²) in [7, 11) is 0. The Kier molecular flexibility index (Phi) is 4.69. The maximum atomic E-state index is 10.9. The van der Waals surface area contributed by atoms with E-state index in [-0.39, 0.29) is 0 Å². The van der Waals surface area contributed by atoms with E-state index in [2.05, 4.69) is 72.8 Å². The van der Waals surface area contributed by atoms with Gasteiger partial charge in [0.05, 0.1) is 0 Å². The molecule has 2 heteroatoms. The fraction of sp³-hybridized carbons (Fsp3) is 0.0323. The molecule has 0 saturated heterocycles. The van der Waals surface area contributed by atoms with Crippen molar-refractivity contribution >= 4 is 32.3 Å². The minimum atomic E-state index is -1.23. The molecule has 0 aliphatic rings. The molecule has 0 aliphatic carbocycles. The van der Waals surface area contributed by atoms with Crippen LogP contribution in [-0.2, 0) is 10.5 Å². The van der Waals surface area contributed by atoms with E-state index in [9.17, 15) is 5.26 Å². The molecule has 0 heterocycles. The van der Waals surface area contributed by atoms with Gasteiger partial charge in [-0.3, -0.25) is 5.26 Å². The lowest BCUT2D eigenvalue weighted by Crippen LogP contribution is -2.32. The van der Waals surface area contributed by atoms with E-state index in [1.54, 1.807) is 0 Å². The molecule has 0 unspecified atom stereocenters. The van der Waals surface area contributed by atoms with Crippen LogP contribution in [0, 0.1) is 0 Å². The summed E-state index contributed by atoms with van der Waals surface area (Å²) < 4.78 is 0. The van der Waals surface area contributed by atoms with E-state index in [0.29, 0.717) is 0 Å². The van der Waals surface area contributed by atoms with E-state index < -0.39 is 5.60 Å². The van der Waals surface area contributed by atoms with Gasteiger partial charge in [-0.05, 0) is 32.3 Å². The van der Waals surface area contributed by atoms with E-state index >= 15 is 0 Å². The first-order valence-corrected chi connectivity index (χ1v) is 11.1. The summed E-state index contributed by atoms with van der Waals surface area (Å²) in [6.07, 6.45) is 0. The van der Waals surface area contributed by atoms with E-state index in [4.69, 9.17) is 4.89 Å². The van der Waals surface area contributed by atoms with Crippen molar-refractivity contribution in [3.63, 3.8) is 0 Å². The number of benzene rings is 6. The standard InChI is InChI=1S/C31H22O2/c32-33-31(28-19-7-13-22-10-1-4-16-25(22)28,29-20-8-14-23-11-2-5-17-26(23)29)30-21-9-15-24-12-3-6-18-27(24)30/h1-21,32H. The normalized spacial score (nSPS) is 11.9. The lowest BCUT2D eigenvalue weighted by Gasteiger charge is -2.35. The Bertz CT molecular complexity index is 1410. The van der Waals surface area contributed by atoms with Gasteiger partial charge < -0.3 is 0 Å². The van der Waals surface area contributed by atoms with Gasteiger partial charge in [-0.25, -0.2) is 4.89 Å². The minimum absolute atomic E-state index is 0.899. The Balaban J connectivity index is 1.84. The fourth-order valence-electron chi connectivity index (χ4n) is 5.18. The molecule has 6 aromatic carbocycles. The van der Waals surface area contributed by atoms with Crippen LogP contribution in [0.2, 0.25) is 0 Å². The number of hydrogen-bond acceptors (Lipinski definition) is 2. The maximum absolute atomic E-state index is 10.9. The van der Waals surface area contributed by atoms with Crippen LogP contribution in [0.15, 0.2) is 127 Å². The van der Waals surface area contributed by atoms with E-state index in [1.807, 2.05) is 54.6 Å². The smallest absolute Gasteiger partial charge is 0.180 e. The lowest BCUT2D eigenvalue weighted by atomic mass is 9.75. The Morgan fingerprint density at radius 2 is 0.697 bits per heavy atom. The van der Waals surface area contributed by atoms with E-state index in [1.165, 1.54) is 0 Å². The topological polar surface area (TPSA) is 29.5 Å². The van der Waals surface area contributed by atoms with Crippen LogP contribution in [-0.4, -0.2) is 5.26 Å². The highest BCUT2D eigenvalue weighted by Crippen LogP contribution is 2.47. The van der Waals surface area contributed by atoms with Crippen LogP contribution in [0.4, 0.5) is 0 Å². The van der Waals surface area contributed by atoms with E-state index in [0.717, 1.165) is 49.0 Å². The molecule has 0 amide bonds. The van der Waals surface area contributed by atoms with Crippen LogP contribution in [0.5, 0.6) is 0 Å². The fourth-order valence-corrected chi connectivity index (χ4v) is 5.18. The molecule has 6 aromatic rings. The summed E-state index contributed by atoms with van der Waals surface area (Å²) in [6.45, 7) is 0. The van der Waals surface area contributed by atoms with Gasteiger partial charge in [-0.2, -0.15) is 0 Å². The second-order valence-electron chi connectivity index (χ2n) is 8.35. The first kappa shape index (κ1) is 19.7. The zero-order valence-corrected chi connectivity index (χ0v) is 18.0. The molecule has 0 aliphatic heterocycles. The Labute approximate surface area is 192 Å². The van der Waals surface area contributed by atoms with Crippen LogP contribution in [0.25, 0.3) is 32.3 Å². The molecule has 158 valence electrons. The molecule has 0 bridgehead atoms. The summed E-state index contributed by atoms with van der Waals surface area (Å²) in [6, 6.07) is 43.3. The summed E-state index contributed by atoms with van der Waals surface area (Å²) in [5, 5.41) is 17.3. The van der Waals surface area contributed by atoms with Crippen LogP contribution >= 0.6 is 0 Å². The van der Waals surface area contributed by atoms with Crippen molar-refractivity contribution in [2.24, 2.45) is 0 Å². The van der Waals surface area contributed by atoms with Crippen molar-refractivity contribution in [2.75, 3.05) is 0 Å². The van der Waals surface area contributed by atoms with Gasteiger partial charge >= 0.3 is 0 Å². The molecule has 2 nitrogen and oxygen atoms in total. The highest BCUT2D eigenvalue weighted by atomic mass is 17.1. The number of fused-ring (bicyclic) bond motifs is 3. The molecule has 0 spiro atoms. The van der Waals surface area contributed by atoms with Gasteiger partial charge in [-0.1, -0.05) is 127 Å². The second-order valence-corrected chi connectivity index (χ2v) is 8.35. The summed E-state index contributed by atoms with van der Waals surface area (Å²) in [4.78, 5) is 5.72. The highest BCUT2D eigenvalue weighted by molar-refractivity contribution is 5.95. The third kappa shape index (κ3) is 2.96. The van der Waals surface area contributed by atoms with Gasteiger partial charge in [0.1, 0.15) is 0 Å². The van der Waals surface area contributed by atoms with Crippen molar-refractivity contribution < 1.29 is 10.1 Å². The predicted octanol–water partition coefficient (Wildman–Crippen LogP) is 7.93. The molecule has 0 radical (unpaired) electrons. The molecule has 6 rings (SSSR count). The number of hydrogen-bond donors (Lipinski definition) is 1. The largest absolute Gasteiger partial charge is 0.250 e. The molecular formula is C31H22O2. The first-order valence-electron chi connectivity index (χ1n) is 11.1. The van der Waals surface area contributed by atoms with Gasteiger partial charge in [0.15, 0.2) is 5.60 Å². The molecule has 0 atom stereocenters. The Hall–Kier alpha value is -3.98. The zero-order chi connectivity index (χ0) is 22.3. The first-order chi connectivity index (χ1) is 16.3. The predicted molar refractivity (Wildman–Crippen MR) is 135 cm³/mol. The number of rotatable bonds is 4. The Morgan fingerprint density at radius 1 is 0.394 bits per heavy atom. The van der Waals surface area contributed by atoms with Crippen molar-refractivity contribution in [2.45, 2.75) is 5.60 Å². The lowest BCUT2D eigenvalue weighted by molar-refractivity contribution is -0.301. The summed E-state index contributed by atoms with van der Waals surface area (Å²) in [5.41, 5.74) is 1.46. The molecular weight excluding hydrogens is 404 g/mol. The average molecular weight is 427 g/mol. The van der Waals surface area contributed by atoms with Crippen molar-refractivity contribution in [1.82, 2.24) is 0 Å². The van der Waals surface area contributed by atoms with Gasteiger partial charge in [0.25, 0.3) is 0 Å². The van der Waals surface area contributed by atoms with Crippen molar-refractivity contribution in [3.8, 4) is 0 Å². The van der Waals surface area contributed by atoms with Crippen LogP contribution in [0.1, 0.15) is 16.7 Å². The van der Waals surface area contributed by atoms with Crippen LogP contribution < -0.4 is 0 Å². The molecule has 33 heavy (non-hydrogen) atoms. The SMILES string of the molecule is OOC(c1cccc2ccccc12)(c1cccc2ccccc12)c1cccc2ccccc12. The molecule has 0 saturated carbocycles. The van der Waals surface area contributed by atoms with Crippen molar-refractivity contribution in [1.29, 1.82) is 0 Å². The average Bonchev–Trinajstić information content (AvgIpc) is 2.90. The quantitative estimate of drug-likeness (QED) is 0.176. The van der Waals surface area contributed by atoms with Crippen molar-refractivity contribution in [3.05, 3.63) is 144 Å². The third-order valence-corrected chi connectivity index (χ3v) is 6.64. The molecule has 0 aromatic heterocycles. The second kappa shape index (κ2) is 7.86. The van der Waals surface area contributed by atoms with Crippen LogP contribution in [0.3, 0.4) is 0 Å². The zero-order valence-electron chi connectivity index (χ0n) is 18.0. The minimum Gasteiger partial charge on any atom is -0.250 e. The van der Waals surface area contributed by atoms with Gasteiger partial charge in [0.2, 0.25) is 0 Å². The molecule has 0 fully saturated rings. The summed E-state index contributed by atoms with van der Waals surface area (Å²) in [5.74, 6) is 0. The highest BCUT2D eigenvalue weighted by Gasteiger charge is 2.42. The Morgan fingerprint density at radius 3 is 1.03 bits per heavy atom.